The molecule has 0 bridgehead atoms. The van der Waals surface area contributed by atoms with Crippen LogP contribution >= 0.6 is 11.8 Å². The number of ether oxygens (including phenoxy) is 3. The molecule has 0 saturated carbocycles. The molecule has 0 spiro atoms. The maximum atomic E-state index is 13.3. The van der Waals surface area contributed by atoms with E-state index in [0.717, 1.165) is 5.69 Å². The molecule has 3 aromatic carbocycles. The molecule has 1 unspecified atom stereocenters. The Hall–Kier alpha value is -4.05. The van der Waals surface area contributed by atoms with Gasteiger partial charge < -0.3 is 19.5 Å². The van der Waals surface area contributed by atoms with Gasteiger partial charge in [0.15, 0.2) is 17.1 Å². The zero-order valence-corrected chi connectivity index (χ0v) is 20.8. The van der Waals surface area contributed by atoms with E-state index < -0.39 is 6.10 Å². The summed E-state index contributed by atoms with van der Waals surface area (Å²) >= 11 is 1.24. The third-order valence-corrected chi connectivity index (χ3v) is 6.10. The van der Waals surface area contributed by atoms with Crippen molar-refractivity contribution in [1.82, 2.24) is 14.8 Å². The van der Waals surface area contributed by atoms with Crippen molar-refractivity contribution in [3.8, 4) is 22.9 Å². The molecule has 4 aromatic rings. The fraction of sp³-hybridized carbons (Fsp3) is 0.192. The number of carbonyl (C=O) groups excluding carboxylic acids is 1. The van der Waals surface area contributed by atoms with E-state index in [1.807, 2.05) is 41.8 Å². The van der Waals surface area contributed by atoms with Gasteiger partial charge >= 0.3 is 0 Å². The lowest BCUT2D eigenvalue weighted by molar-refractivity contribution is -0.113. The number of methoxy groups -OCH3 is 2. The number of halogens is 1. The average molecular weight is 509 g/mol. The van der Waals surface area contributed by atoms with Crippen LogP contribution in [-0.4, -0.2) is 40.6 Å². The lowest BCUT2D eigenvalue weighted by Crippen LogP contribution is -2.16. The van der Waals surface area contributed by atoms with Gasteiger partial charge in [-0.15, -0.1) is 10.2 Å². The summed E-state index contributed by atoms with van der Waals surface area (Å²) < 4.78 is 31.7. The van der Waals surface area contributed by atoms with Crippen molar-refractivity contribution < 1.29 is 23.4 Å². The van der Waals surface area contributed by atoms with Crippen molar-refractivity contribution in [2.45, 2.75) is 18.2 Å². The van der Waals surface area contributed by atoms with Gasteiger partial charge in [0.2, 0.25) is 5.91 Å². The minimum absolute atomic E-state index is 0.0819. The van der Waals surface area contributed by atoms with E-state index in [4.69, 9.17) is 14.2 Å². The van der Waals surface area contributed by atoms with Crippen LogP contribution in [0.2, 0.25) is 0 Å². The van der Waals surface area contributed by atoms with Gasteiger partial charge in [-0.25, -0.2) is 4.39 Å². The molecule has 0 aliphatic rings. The van der Waals surface area contributed by atoms with Crippen molar-refractivity contribution in [2.24, 2.45) is 0 Å². The Balaban J connectivity index is 1.53. The van der Waals surface area contributed by atoms with E-state index in [0.29, 0.717) is 33.9 Å². The summed E-state index contributed by atoms with van der Waals surface area (Å²) in [5, 5.41) is 12.0. The largest absolute Gasteiger partial charge is 0.497 e. The molecule has 4 rings (SSSR count). The Bertz CT molecular complexity index is 1320. The van der Waals surface area contributed by atoms with Crippen molar-refractivity contribution >= 4 is 23.4 Å². The molecule has 1 N–H and O–H groups in total. The molecule has 1 heterocycles. The molecule has 36 heavy (non-hydrogen) atoms. The maximum absolute atomic E-state index is 13.3. The predicted molar refractivity (Wildman–Crippen MR) is 136 cm³/mol. The molecule has 1 aromatic heterocycles. The smallest absolute Gasteiger partial charge is 0.234 e. The van der Waals surface area contributed by atoms with Crippen molar-refractivity contribution in [2.75, 3.05) is 25.3 Å². The van der Waals surface area contributed by atoms with Gasteiger partial charge in [0.25, 0.3) is 0 Å². The first-order chi connectivity index (χ1) is 17.5. The molecule has 0 aliphatic carbocycles. The van der Waals surface area contributed by atoms with Crippen LogP contribution in [0.25, 0.3) is 5.69 Å². The van der Waals surface area contributed by atoms with E-state index >= 15 is 0 Å². The highest BCUT2D eigenvalue weighted by Crippen LogP contribution is 2.30. The third kappa shape index (κ3) is 5.95. The van der Waals surface area contributed by atoms with Gasteiger partial charge in [-0.2, -0.15) is 0 Å². The summed E-state index contributed by atoms with van der Waals surface area (Å²) in [6.07, 6.45) is -0.493. The van der Waals surface area contributed by atoms with Gasteiger partial charge in [-0.3, -0.25) is 9.36 Å². The predicted octanol–water partition coefficient (Wildman–Crippen LogP) is 5.29. The van der Waals surface area contributed by atoms with Crippen LogP contribution in [0.5, 0.6) is 17.2 Å². The zero-order chi connectivity index (χ0) is 25.5. The van der Waals surface area contributed by atoms with E-state index in [1.165, 1.54) is 31.0 Å². The number of hydrogen-bond donors (Lipinski definition) is 1. The van der Waals surface area contributed by atoms with Crippen molar-refractivity contribution in [3.63, 3.8) is 0 Å². The Morgan fingerprint density at radius 1 is 1.00 bits per heavy atom. The van der Waals surface area contributed by atoms with Gasteiger partial charge in [0.1, 0.15) is 23.1 Å². The maximum Gasteiger partial charge on any atom is 0.234 e. The number of hydrogen-bond acceptors (Lipinski definition) is 7. The Kier molecular flexibility index (Phi) is 8.06. The molecule has 0 fully saturated rings. The van der Waals surface area contributed by atoms with E-state index in [1.54, 1.807) is 37.4 Å². The average Bonchev–Trinajstić information content (AvgIpc) is 3.33. The number of para-hydroxylation sites is 1. The minimum atomic E-state index is -0.493. The van der Waals surface area contributed by atoms with Crippen LogP contribution in [0.3, 0.4) is 0 Å². The second-order valence-corrected chi connectivity index (χ2v) is 8.57. The van der Waals surface area contributed by atoms with Gasteiger partial charge in [0.05, 0.1) is 25.7 Å². The SMILES string of the molecule is COc1ccc(OC)c(NC(=O)CSc2nnc(C(C)Oc3ccc(F)cc3)n2-c2ccccc2)c1. The lowest BCUT2D eigenvalue weighted by Gasteiger charge is -2.16. The topological polar surface area (TPSA) is 87.5 Å². The molecule has 0 radical (unpaired) electrons. The monoisotopic (exact) mass is 508 g/mol. The summed E-state index contributed by atoms with van der Waals surface area (Å²) in [6, 6.07) is 20.5. The Morgan fingerprint density at radius 2 is 1.72 bits per heavy atom. The van der Waals surface area contributed by atoms with Crippen LogP contribution in [-0.2, 0) is 4.79 Å². The normalized spacial score (nSPS) is 11.6. The van der Waals surface area contributed by atoms with Gasteiger partial charge in [-0.1, -0.05) is 30.0 Å². The number of anilines is 1. The lowest BCUT2D eigenvalue weighted by atomic mass is 10.2. The molecule has 10 heteroatoms. The summed E-state index contributed by atoms with van der Waals surface area (Å²) in [4.78, 5) is 12.8. The van der Waals surface area contributed by atoms with E-state index in [-0.39, 0.29) is 17.5 Å². The Morgan fingerprint density at radius 3 is 2.42 bits per heavy atom. The molecule has 8 nitrogen and oxygen atoms in total. The second-order valence-electron chi connectivity index (χ2n) is 7.63. The number of benzene rings is 3. The number of amides is 1. The minimum Gasteiger partial charge on any atom is -0.497 e. The summed E-state index contributed by atoms with van der Waals surface area (Å²) in [6.45, 7) is 1.84. The van der Waals surface area contributed by atoms with Crippen LogP contribution < -0.4 is 19.5 Å². The molecular weight excluding hydrogens is 483 g/mol. The molecule has 1 amide bonds. The van der Waals surface area contributed by atoms with Crippen LogP contribution in [0.4, 0.5) is 10.1 Å². The van der Waals surface area contributed by atoms with E-state index in [2.05, 4.69) is 15.5 Å². The number of nitrogens with zero attached hydrogens (tertiary/aromatic N) is 3. The fourth-order valence-electron chi connectivity index (χ4n) is 3.46. The second kappa shape index (κ2) is 11.6. The van der Waals surface area contributed by atoms with Crippen LogP contribution in [0, 0.1) is 5.82 Å². The van der Waals surface area contributed by atoms with Crippen LogP contribution in [0.1, 0.15) is 18.9 Å². The first-order valence-electron chi connectivity index (χ1n) is 11.1. The summed E-state index contributed by atoms with van der Waals surface area (Å²) in [5.74, 6) is 1.67. The molecular formula is C26H25FN4O4S. The summed E-state index contributed by atoms with van der Waals surface area (Å²) in [7, 11) is 3.09. The quantitative estimate of drug-likeness (QED) is 0.291. The van der Waals surface area contributed by atoms with Crippen molar-refractivity contribution in [1.29, 1.82) is 0 Å². The molecule has 0 saturated heterocycles. The first kappa shape index (κ1) is 25.1. The van der Waals surface area contributed by atoms with Gasteiger partial charge in [-0.05, 0) is 55.5 Å². The fourth-order valence-corrected chi connectivity index (χ4v) is 4.21. The number of rotatable bonds is 10. The first-order valence-corrected chi connectivity index (χ1v) is 12.0. The van der Waals surface area contributed by atoms with E-state index in [9.17, 15) is 9.18 Å². The number of carbonyl (C=O) groups is 1. The highest BCUT2D eigenvalue weighted by molar-refractivity contribution is 7.99. The number of nitrogens with one attached hydrogen (secondary N) is 1. The highest BCUT2D eigenvalue weighted by Gasteiger charge is 2.22. The number of thioether (sulfide) groups is 1. The van der Waals surface area contributed by atoms with Gasteiger partial charge in [0, 0.05) is 11.8 Å². The highest BCUT2D eigenvalue weighted by atomic mass is 32.2. The third-order valence-electron chi connectivity index (χ3n) is 5.18. The molecule has 186 valence electrons. The Labute approximate surface area is 212 Å². The summed E-state index contributed by atoms with van der Waals surface area (Å²) in [5.41, 5.74) is 1.33. The standard InChI is InChI=1S/C26H25FN4O4S/c1-17(35-20-11-9-18(27)10-12-20)25-29-30-26(31(25)19-7-5-4-6-8-19)36-16-24(32)28-22-15-21(33-2)13-14-23(22)34-3/h4-15,17H,16H2,1-3H3,(H,28,32). The zero-order valence-electron chi connectivity index (χ0n) is 20.0. The van der Waals surface area contributed by atoms with Crippen molar-refractivity contribution in [3.05, 3.63) is 84.4 Å². The molecule has 1 atom stereocenters. The number of aromatic nitrogens is 3. The molecule has 0 aliphatic heterocycles. The van der Waals surface area contributed by atoms with Crippen LogP contribution in [0.15, 0.2) is 78.0 Å².